The van der Waals surface area contributed by atoms with Crippen LogP contribution < -0.4 is 15.4 Å². The van der Waals surface area contributed by atoms with Gasteiger partial charge in [-0.2, -0.15) is 0 Å². The van der Waals surface area contributed by atoms with Gasteiger partial charge in [-0.05, 0) is 43.0 Å². The molecule has 1 aliphatic heterocycles. The third-order valence-corrected chi connectivity index (χ3v) is 4.07. The zero-order chi connectivity index (χ0) is 18.4. The van der Waals surface area contributed by atoms with Crippen molar-refractivity contribution in [3.8, 4) is 5.75 Å². The predicted molar refractivity (Wildman–Crippen MR) is 92.2 cm³/mol. The SMILES string of the molecule is COc1ccc(C(=O)NC(CC(C)C)C(=O)NC2CCOC2O)cc1. The molecule has 3 N–H and O–H groups in total. The van der Waals surface area contributed by atoms with Gasteiger partial charge in [-0.25, -0.2) is 0 Å². The normalized spacial score (nSPS) is 21.0. The van der Waals surface area contributed by atoms with Crippen molar-refractivity contribution in [3.63, 3.8) is 0 Å². The molecule has 2 rings (SSSR count). The van der Waals surface area contributed by atoms with Crippen molar-refractivity contribution >= 4 is 11.8 Å². The van der Waals surface area contributed by atoms with Crippen LogP contribution in [0.5, 0.6) is 5.75 Å². The van der Waals surface area contributed by atoms with E-state index in [-0.39, 0.29) is 17.7 Å². The number of carbonyl (C=O) groups is 2. The summed E-state index contributed by atoms with van der Waals surface area (Å²) in [4.78, 5) is 25.0. The number of amides is 2. The first-order valence-electron chi connectivity index (χ1n) is 8.45. The molecule has 3 unspecified atom stereocenters. The molecule has 1 aromatic carbocycles. The minimum Gasteiger partial charge on any atom is -0.497 e. The van der Waals surface area contributed by atoms with E-state index < -0.39 is 18.4 Å². The molecule has 0 spiro atoms. The molecule has 1 aliphatic rings. The molecule has 7 heteroatoms. The van der Waals surface area contributed by atoms with Gasteiger partial charge in [0.25, 0.3) is 5.91 Å². The number of aliphatic hydroxyl groups is 1. The zero-order valence-electron chi connectivity index (χ0n) is 14.8. The molecular formula is C18H26N2O5. The Balaban J connectivity index is 2.02. The van der Waals surface area contributed by atoms with Crippen molar-refractivity contribution < 1.29 is 24.2 Å². The van der Waals surface area contributed by atoms with Crippen LogP contribution in [0.25, 0.3) is 0 Å². The fourth-order valence-electron chi connectivity index (χ4n) is 2.69. The Hall–Kier alpha value is -2.12. The number of hydrogen-bond donors (Lipinski definition) is 3. The highest BCUT2D eigenvalue weighted by Gasteiger charge is 2.31. The quantitative estimate of drug-likeness (QED) is 0.683. The molecule has 2 amide bonds. The number of nitrogens with one attached hydrogen (secondary N) is 2. The molecule has 0 saturated carbocycles. The summed E-state index contributed by atoms with van der Waals surface area (Å²) < 4.78 is 10.1. The van der Waals surface area contributed by atoms with E-state index in [1.54, 1.807) is 31.4 Å². The van der Waals surface area contributed by atoms with E-state index in [4.69, 9.17) is 9.47 Å². The minimum atomic E-state index is -0.999. The van der Waals surface area contributed by atoms with Crippen LogP contribution in [0, 0.1) is 5.92 Å². The van der Waals surface area contributed by atoms with Gasteiger partial charge in [-0.15, -0.1) is 0 Å². The summed E-state index contributed by atoms with van der Waals surface area (Å²) in [7, 11) is 1.55. The molecular weight excluding hydrogens is 324 g/mol. The van der Waals surface area contributed by atoms with Gasteiger partial charge in [0.05, 0.1) is 19.8 Å². The molecule has 1 fully saturated rings. The Morgan fingerprint density at radius 3 is 2.52 bits per heavy atom. The Morgan fingerprint density at radius 2 is 2.00 bits per heavy atom. The van der Waals surface area contributed by atoms with Crippen LogP contribution in [0.15, 0.2) is 24.3 Å². The molecule has 1 heterocycles. The highest BCUT2D eigenvalue weighted by atomic mass is 16.6. The first-order valence-corrected chi connectivity index (χ1v) is 8.45. The molecule has 25 heavy (non-hydrogen) atoms. The van der Waals surface area contributed by atoms with E-state index in [9.17, 15) is 14.7 Å². The van der Waals surface area contributed by atoms with E-state index in [0.717, 1.165) is 0 Å². The molecule has 3 atom stereocenters. The average molecular weight is 350 g/mol. The maximum atomic E-state index is 12.5. The number of rotatable bonds is 7. The van der Waals surface area contributed by atoms with E-state index in [2.05, 4.69) is 10.6 Å². The summed E-state index contributed by atoms with van der Waals surface area (Å²) in [5.74, 6) is 0.233. The van der Waals surface area contributed by atoms with Gasteiger partial charge in [-0.3, -0.25) is 9.59 Å². The Labute approximate surface area is 147 Å². The van der Waals surface area contributed by atoms with Crippen molar-refractivity contribution in [1.29, 1.82) is 0 Å². The number of aliphatic hydroxyl groups excluding tert-OH is 1. The zero-order valence-corrected chi connectivity index (χ0v) is 14.8. The maximum absolute atomic E-state index is 12.5. The van der Waals surface area contributed by atoms with E-state index in [0.29, 0.717) is 30.8 Å². The monoisotopic (exact) mass is 350 g/mol. The minimum absolute atomic E-state index is 0.219. The summed E-state index contributed by atoms with van der Waals surface area (Å²) in [6.45, 7) is 4.36. The standard InChI is InChI=1S/C18H26N2O5/c1-11(2)10-15(17(22)19-14-8-9-25-18(14)23)20-16(21)12-4-6-13(24-3)7-5-12/h4-7,11,14-15,18,23H,8-10H2,1-3H3,(H,19,22)(H,20,21). The third kappa shape index (κ3) is 5.44. The van der Waals surface area contributed by atoms with E-state index in [1.165, 1.54) is 0 Å². The van der Waals surface area contributed by atoms with Crippen LogP contribution in [0.4, 0.5) is 0 Å². The number of methoxy groups -OCH3 is 1. The molecule has 0 bridgehead atoms. The first-order chi connectivity index (χ1) is 11.9. The van der Waals surface area contributed by atoms with Gasteiger partial charge in [0.2, 0.25) is 5.91 Å². The second-order valence-electron chi connectivity index (χ2n) is 6.55. The second-order valence-corrected chi connectivity index (χ2v) is 6.55. The summed E-state index contributed by atoms with van der Waals surface area (Å²) in [6, 6.07) is 5.56. The van der Waals surface area contributed by atoms with Crippen molar-refractivity contribution in [3.05, 3.63) is 29.8 Å². The maximum Gasteiger partial charge on any atom is 0.251 e. The van der Waals surface area contributed by atoms with E-state index >= 15 is 0 Å². The largest absolute Gasteiger partial charge is 0.497 e. The number of ether oxygens (including phenoxy) is 2. The Morgan fingerprint density at radius 1 is 1.32 bits per heavy atom. The lowest BCUT2D eigenvalue weighted by Crippen LogP contribution is -2.51. The van der Waals surface area contributed by atoms with Crippen LogP contribution in [-0.4, -0.2) is 49.0 Å². The number of benzene rings is 1. The van der Waals surface area contributed by atoms with Gasteiger partial charge in [0.1, 0.15) is 11.8 Å². The summed E-state index contributed by atoms with van der Waals surface area (Å²) >= 11 is 0. The summed E-state index contributed by atoms with van der Waals surface area (Å²) in [5, 5.41) is 15.2. The lowest BCUT2D eigenvalue weighted by Gasteiger charge is -2.23. The van der Waals surface area contributed by atoms with Crippen LogP contribution in [0.2, 0.25) is 0 Å². The van der Waals surface area contributed by atoms with E-state index in [1.807, 2.05) is 13.8 Å². The lowest BCUT2D eigenvalue weighted by molar-refractivity contribution is -0.127. The van der Waals surface area contributed by atoms with Crippen LogP contribution >= 0.6 is 0 Å². The molecule has 0 aromatic heterocycles. The third-order valence-electron chi connectivity index (χ3n) is 4.07. The second kappa shape index (κ2) is 8.82. The topological polar surface area (TPSA) is 96.9 Å². The number of carbonyl (C=O) groups excluding carboxylic acids is 2. The molecule has 0 radical (unpaired) electrons. The fourth-order valence-corrected chi connectivity index (χ4v) is 2.69. The summed E-state index contributed by atoms with van der Waals surface area (Å²) in [5.41, 5.74) is 0.451. The lowest BCUT2D eigenvalue weighted by atomic mass is 10.0. The van der Waals surface area contributed by atoms with Crippen LogP contribution in [0.3, 0.4) is 0 Å². The van der Waals surface area contributed by atoms with Crippen molar-refractivity contribution in [2.45, 2.75) is 45.1 Å². The van der Waals surface area contributed by atoms with Crippen molar-refractivity contribution in [1.82, 2.24) is 10.6 Å². The van der Waals surface area contributed by atoms with Crippen molar-refractivity contribution in [2.24, 2.45) is 5.92 Å². The summed E-state index contributed by atoms with van der Waals surface area (Å²) in [6.07, 6.45) is 0.0476. The van der Waals surface area contributed by atoms with Gasteiger partial charge in [0, 0.05) is 5.56 Å². The smallest absolute Gasteiger partial charge is 0.251 e. The van der Waals surface area contributed by atoms with Gasteiger partial charge in [0.15, 0.2) is 6.29 Å². The van der Waals surface area contributed by atoms with Gasteiger partial charge < -0.3 is 25.2 Å². The molecule has 1 saturated heterocycles. The average Bonchev–Trinajstić information content (AvgIpc) is 2.98. The molecule has 1 aromatic rings. The van der Waals surface area contributed by atoms with Crippen LogP contribution in [-0.2, 0) is 9.53 Å². The molecule has 0 aliphatic carbocycles. The highest BCUT2D eigenvalue weighted by molar-refractivity contribution is 5.97. The predicted octanol–water partition coefficient (Wildman–Crippen LogP) is 1.06. The van der Waals surface area contributed by atoms with Crippen molar-refractivity contribution in [2.75, 3.05) is 13.7 Å². The highest BCUT2D eigenvalue weighted by Crippen LogP contribution is 2.14. The Kier molecular flexibility index (Phi) is 6.78. The molecule has 138 valence electrons. The van der Waals surface area contributed by atoms with Crippen LogP contribution in [0.1, 0.15) is 37.0 Å². The fraction of sp³-hybridized carbons (Fsp3) is 0.556. The molecule has 7 nitrogen and oxygen atoms in total. The first kappa shape index (κ1) is 19.2. The van der Waals surface area contributed by atoms with Gasteiger partial charge >= 0.3 is 0 Å². The van der Waals surface area contributed by atoms with Gasteiger partial charge in [-0.1, -0.05) is 13.8 Å². The number of hydrogen-bond acceptors (Lipinski definition) is 5. The Bertz CT molecular complexity index is 588.